The average Bonchev–Trinajstić information content (AvgIpc) is 2.17. The van der Waals surface area contributed by atoms with Gasteiger partial charge < -0.3 is 16.2 Å². The zero-order valence-electron chi connectivity index (χ0n) is 9.77. The van der Waals surface area contributed by atoms with E-state index in [1.165, 1.54) is 0 Å². The van der Waals surface area contributed by atoms with Crippen molar-refractivity contribution in [2.75, 3.05) is 23.9 Å². The maximum absolute atomic E-state index is 9.17. The van der Waals surface area contributed by atoms with E-state index in [9.17, 15) is 0 Å². The van der Waals surface area contributed by atoms with Gasteiger partial charge >= 0.3 is 0 Å². The standard InChI is InChI=1S/C10H18N4OS/c1-6(8(5-15)16-3)12-10-4-9(11)13-7(2)14-10/h4,6,8,15H,5H2,1-3H3,(H3,11,12,13,14). The molecule has 1 heterocycles. The zero-order valence-corrected chi connectivity index (χ0v) is 10.6. The van der Waals surface area contributed by atoms with Crippen molar-refractivity contribution in [3.05, 3.63) is 11.9 Å². The van der Waals surface area contributed by atoms with Crippen LogP contribution in [0.4, 0.5) is 11.6 Å². The van der Waals surface area contributed by atoms with Gasteiger partial charge in [-0.25, -0.2) is 9.97 Å². The van der Waals surface area contributed by atoms with Crippen LogP contribution in [0.5, 0.6) is 0 Å². The maximum atomic E-state index is 9.17. The van der Waals surface area contributed by atoms with Crippen LogP contribution in [0, 0.1) is 6.92 Å². The molecule has 0 amide bonds. The van der Waals surface area contributed by atoms with Crippen molar-refractivity contribution >= 4 is 23.4 Å². The Morgan fingerprint density at radius 1 is 1.56 bits per heavy atom. The lowest BCUT2D eigenvalue weighted by Gasteiger charge is -2.21. The fourth-order valence-corrected chi connectivity index (χ4v) is 2.05. The molecule has 0 fully saturated rings. The molecule has 0 saturated heterocycles. The lowest BCUT2D eigenvalue weighted by atomic mass is 10.2. The minimum atomic E-state index is 0.119. The Morgan fingerprint density at radius 2 is 2.25 bits per heavy atom. The first-order valence-electron chi connectivity index (χ1n) is 5.08. The molecule has 0 aliphatic rings. The average molecular weight is 242 g/mol. The summed E-state index contributed by atoms with van der Waals surface area (Å²) in [6.07, 6.45) is 1.97. The monoisotopic (exact) mass is 242 g/mol. The van der Waals surface area contributed by atoms with Crippen LogP contribution in [-0.4, -0.2) is 39.2 Å². The SMILES string of the molecule is CSC(CO)C(C)Nc1cc(N)nc(C)n1. The molecular weight excluding hydrogens is 224 g/mol. The molecule has 90 valence electrons. The molecule has 6 heteroatoms. The van der Waals surface area contributed by atoms with Gasteiger partial charge in [0.1, 0.15) is 17.5 Å². The number of nitrogens with two attached hydrogens (primary N) is 1. The van der Waals surface area contributed by atoms with Gasteiger partial charge in [0.2, 0.25) is 0 Å². The predicted molar refractivity (Wildman–Crippen MR) is 68.7 cm³/mol. The maximum Gasteiger partial charge on any atom is 0.132 e. The third-order valence-corrected chi connectivity index (χ3v) is 3.44. The third kappa shape index (κ3) is 3.53. The lowest BCUT2D eigenvalue weighted by molar-refractivity contribution is 0.288. The first-order chi connectivity index (χ1) is 7.56. The highest BCUT2D eigenvalue weighted by molar-refractivity contribution is 7.99. The quantitative estimate of drug-likeness (QED) is 0.711. The Morgan fingerprint density at radius 3 is 2.75 bits per heavy atom. The summed E-state index contributed by atoms with van der Waals surface area (Å²) in [7, 11) is 0. The van der Waals surface area contributed by atoms with Gasteiger partial charge in [-0.2, -0.15) is 11.8 Å². The van der Waals surface area contributed by atoms with Crippen LogP contribution in [0.25, 0.3) is 0 Å². The van der Waals surface area contributed by atoms with Gasteiger partial charge in [-0.15, -0.1) is 0 Å². The minimum Gasteiger partial charge on any atom is -0.395 e. The van der Waals surface area contributed by atoms with E-state index in [4.69, 9.17) is 10.8 Å². The normalized spacial score (nSPS) is 14.5. The summed E-state index contributed by atoms with van der Waals surface area (Å²) in [6, 6.07) is 1.81. The van der Waals surface area contributed by atoms with Crippen molar-refractivity contribution < 1.29 is 5.11 Å². The molecule has 5 nitrogen and oxygen atoms in total. The molecular formula is C10H18N4OS. The number of hydrogen-bond donors (Lipinski definition) is 3. The smallest absolute Gasteiger partial charge is 0.132 e. The van der Waals surface area contributed by atoms with E-state index >= 15 is 0 Å². The minimum absolute atomic E-state index is 0.119. The van der Waals surface area contributed by atoms with Crippen LogP contribution in [0.1, 0.15) is 12.7 Å². The number of nitrogens with one attached hydrogen (secondary N) is 1. The van der Waals surface area contributed by atoms with Crippen molar-refractivity contribution in [3.63, 3.8) is 0 Å². The number of thioether (sulfide) groups is 1. The van der Waals surface area contributed by atoms with Gasteiger partial charge in [0.25, 0.3) is 0 Å². The van der Waals surface area contributed by atoms with E-state index in [2.05, 4.69) is 15.3 Å². The number of hydrogen-bond acceptors (Lipinski definition) is 6. The molecule has 1 rings (SSSR count). The summed E-state index contributed by atoms with van der Waals surface area (Å²) in [5.74, 6) is 1.79. The molecule has 2 unspecified atom stereocenters. The molecule has 2 atom stereocenters. The highest BCUT2D eigenvalue weighted by Crippen LogP contribution is 2.16. The second-order valence-corrected chi connectivity index (χ2v) is 4.69. The fraction of sp³-hybridized carbons (Fsp3) is 0.600. The van der Waals surface area contributed by atoms with Gasteiger partial charge in [0.15, 0.2) is 0 Å². The van der Waals surface area contributed by atoms with E-state index in [-0.39, 0.29) is 17.9 Å². The summed E-state index contributed by atoms with van der Waals surface area (Å²) in [4.78, 5) is 8.23. The molecule has 0 aromatic carbocycles. The van der Waals surface area contributed by atoms with Crippen molar-refractivity contribution in [1.29, 1.82) is 0 Å². The Labute approximate surface area is 99.9 Å². The van der Waals surface area contributed by atoms with Gasteiger partial charge in [0.05, 0.1) is 6.61 Å². The predicted octanol–water partition coefficient (Wildman–Crippen LogP) is 0.892. The van der Waals surface area contributed by atoms with E-state index in [1.54, 1.807) is 24.8 Å². The van der Waals surface area contributed by atoms with Crippen LogP contribution in [0.3, 0.4) is 0 Å². The number of anilines is 2. The summed E-state index contributed by atoms with van der Waals surface area (Å²) in [5, 5.41) is 12.5. The second kappa shape index (κ2) is 5.91. The van der Waals surface area contributed by atoms with Crippen LogP contribution in [0.15, 0.2) is 6.07 Å². The molecule has 4 N–H and O–H groups in total. The third-order valence-electron chi connectivity index (χ3n) is 2.27. The summed E-state index contributed by atoms with van der Waals surface area (Å²) >= 11 is 1.62. The number of aliphatic hydroxyl groups is 1. The molecule has 16 heavy (non-hydrogen) atoms. The second-order valence-electron chi connectivity index (χ2n) is 3.62. The zero-order chi connectivity index (χ0) is 12.1. The number of nitrogen functional groups attached to an aromatic ring is 1. The molecule has 0 aliphatic heterocycles. The molecule has 0 saturated carbocycles. The summed E-state index contributed by atoms with van der Waals surface area (Å²) < 4.78 is 0. The Balaban J connectivity index is 2.72. The Bertz CT molecular complexity index is 323. The van der Waals surface area contributed by atoms with E-state index < -0.39 is 0 Å². The highest BCUT2D eigenvalue weighted by atomic mass is 32.2. The number of aliphatic hydroxyl groups excluding tert-OH is 1. The van der Waals surface area contributed by atoms with Gasteiger partial charge in [-0.1, -0.05) is 0 Å². The lowest BCUT2D eigenvalue weighted by Crippen LogP contribution is -2.31. The van der Waals surface area contributed by atoms with Crippen molar-refractivity contribution in [2.45, 2.75) is 25.1 Å². The fourth-order valence-electron chi connectivity index (χ4n) is 1.43. The van der Waals surface area contributed by atoms with Crippen LogP contribution in [0.2, 0.25) is 0 Å². The van der Waals surface area contributed by atoms with E-state index in [0.717, 1.165) is 0 Å². The number of rotatable bonds is 5. The summed E-state index contributed by atoms with van der Waals surface area (Å²) in [6.45, 7) is 3.93. The van der Waals surface area contributed by atoms with Crippen LogP contribution < -0.4 is 11.1 Å². The van der Waals surface area contributed by atoms with Crippen LogP contribution >= 0.6 is 11.8 Å². The topological polar surface area (TPSA) is 84.1 Å². The summed E-state index contributed by atoms with van der Waals surface area (Å²) in [5.41, 5.74) is 5.63. The van der Waals surface area contributed by atoms with E-state index in [0.29, 0.717) is 17.5 Å². The van der Waals surface area contributed by atoms with Gasteiger partial charge in [-0.3, -0.25) is 0 Å². The number of aryl methyl sites for hydroxylation is 1. The molecule has 1 aromatic rings. The van der Waals surface area contributed by atoms with Crippen LogP contribution in [-0.2, 0) is 0 Å². The van der Waals surface area contributed by atoms with Gasteiger partial charge in [-0.05, 0) is 20.1 Å². The largest absolute Gasteiger partial charge is 0.395 e. The number of nitrogens with zero attached hydrogens (tertiary/aromatic N) is 2. The Hall–Kier alpha value is -1.01. The van der Waals surface area contributed by atoms with E-state index in [1.807, 2.05) is 13.2 Å². The first kappa shape index (κ1) is 13.1. The molecule has 0 aliphatic carbocycles. The van der Waals surface area contributed by atoms with Crippen molar-refractivity contribution in [2.24, 2.45) is 0 Å². The van der Waals surface area contributed by atoms with Crippen molar-refractivity contribution in [1.82, 2.24) is 9.97 Å². The molecule has 1 aromatic heterocycles. The first-order valence-corrected chi connectivity index (χ1v) is 6.37. The number of aromatic nitrogens is 2. The van der Waals surface area contributed by atoms with Crippen molar-refractivity contribution in [3.8, 4) is 0 Å². The highest BCUT2D eigenvalue weighted by Gasteiger charge is 2.15. The van der Waals surface area contributed by atoms with Gasteiger partial charge in [0, 0.05) is 17.4 Å². The Kier molecular flexibility index (Phi) is 4.82. The molecule has 0 spiro atoms. The molecule has 0 bridgehead atoms. The molecule has 0 radical (unpaired) electrons.